The molecular formula is C21H24N2O2. The molecule has 0 heterocycles. The molecule has 3 unspecified atom stereocenters. The quantitative estimate of drug-likeness (QED) is 0.852. The molecule has 25 heavy (non-hydrogen) atoms. The van der Waals surface area contributed by atoms with Crippen LogP contribution in [0.4, 0.5) is 4.79 Å². The van der Waals surface area contributed by atoms with Crippen LogP contribution in [0.15, 0.2) is 54.6 Å². The molecule has 3 atom stereocenters. The van der Waals surface area contributed by atoms with Crippen LogP contribution in [0.25, 0.3) is 0 Å². The van der Waals surface area contributed by atoms with E-state index in [1.54, 1.807) is 4.90 Å². The molecule has 0 spiro atoms. The molecule has 4 rings (SSSR count). The summed E-state index contributed by atoms with van der Waals surface area (Å²) in [6.07, 6.45) is 1.14. The molecule has 1 fully saturated rings. The zero-order chi connectivity index (χ0) is 17.2. The van der Waals surface area contributed by atoms with Crippen LogP contribution in [-0.2, 0) is 13.0 Å². The van der Waals surface area contributed by atoms with Crippen molar-refractivity contribution in [1.82, 2.24) is 10.2 Å². The van der Waals surface area contributed by atoms with E-state index in [0.717, 1.165) is 18.5 Å². The number of nitrogens with zero attached hydrogens (tertiary/aromatic N) is 1. The second-order valence-corrected chi connectivity index (χ2v) is 7.07. The fourth-order valence-corrected chi connectivity index (χ4v) is 4.26. The average Bonchev–Trinajstić information content (AvgIpc) is 3.18. The number of rotatable bonds is 6. The first-order valence-electron chi connectivity index (χ1n) is 9.03. The Balaban J connectivity index is 1.32. The van der Waals surface area contributed by atoms with Gasteiger partial charge in [-0.2, -0.15) is 0 Å². The van der Waals surface area contributed by atoms with Crippen molar-refractivity contribution >= 4 is 6.03 Å². The van der Waals surface area contributed by atoms with Gasteiger partial charge in [-0.05, 0) is 40.9 Å². The van der Waals surface area contributed by atoms with Crippen LogP contribution >= 0.6 is 0 Å². The number of carbonyl (C=O) groups excluding carboxylic acids is 1. The van der Waals surface area contributed by atoms with Crippen LogP contribution in [0.3, 0.4) is 0 Å². The highest BCUT2D eigenvalue weighted by atomic mass is 16.3. The Labute approximate surface area is 148 Å². The molecule has 4 nitrogen and oxygen atoms in total. The summed E-state index contributed by atoms with van der Waals surface area (Å²) in [5.41, 5.74) is 4.03. The molecule has 4 heteroatoms. The first-order valence-corrected chi connectivity index (χ1v) is 9.03. The van der Waals surface area contributed by atoms with Crippen LogP contribution in [0, 0.1) is 11.8 Å². The van der Waals surface area contributed by atoms with Gasteiger partial charge in [0.2, 0.25) is 0 Å². The van der Waals surface area contributed by atoms with Gasteiger partial charge in [0.25, 0.3) is 0 Å². The van der Waals surface area contributed by atoms with Crippen molar-refractivity contribution in [2.45, 2.75) is 18.9 Å². The van der Waals surface area contributed by atoms with Gasteiger partial charge in [-0.25, -0.2) is 4.79 Å². The van der Waals surface area contributed by atoms with Crippen LogP contribution in [0.1, 0.15) is 22.6 Å². The van der Waals surface area contributed by atoms with E-state index in [4.69, 9.17) is 0 Å². The Morgan fingerprint density at radius 1 is 1.12 bits per heavy atom. The topological polar surface area (TPSA) is 52.6 Å². The highest BCUT2D eigenvalue weighted by molar-refractivity contribution is 5.74. The largest absolute Gasteiger partial charge is 0.395 e. The Morgan fingerprint density at radius 3 is 2.68 bits per heavy atom. The van der Waals surface area contributed by atoms with Crippen molar-refractivity contribution < 1.29 is 9.90 Å². The lowest BCUT2D eigenvalue weighted by Gasteiger charge is -2.22. The lowest BCUT2D eigenvalue weighted by atomic mass is 10.0. The number of hydrogen-bond acceptors (Lipinski definition) is 2. The second-order valence-electron chi connectivity index (χ2n) is 7.07. The van der Waals surface area contributed by atoms with Gasteiger partial charge in [0.05, 0.1) is 6.61 Å². The summed E-state index contributed by atoms with van der Waals surface area (Å²) in [5, 5.41) is 12.4. The molecule has 0 aromatic heterocycles. The van der Waals surface area contributed by atoms with E-state index in [1.165, 1.54) is 11.1 Å². The number of hydrogen-bond donors (Lipinski definition) is 2. The summed E-state index contributed by atoms with van der Waals surface area (Å²) >= 11 is 0. The molecule has 130 valence electrons. The summed E-state index contributed by atoms with van der Waals surface area (Å²) in [4.78, 5) is 14.2. The van der Waals surface area contributed by atoms with E-state index in [9.17, 15) is 9.90 Å². The van der Waals surface area contributed by atoms with Crippen LogP contribution in [0.5, 0.6) is 0 Å². The maximum Gasteiger partial charge on any atom is 0.317 e. The zero-order valence-corrected chi connectivity index (χ0v) is 14.3. The number of nitrogens with one attached hydrogen (secondary N) is 1. The molecule has 2 N–H and O–H groups in total. The Bertz CT molecular complexity index is 747. The van der Waals surface area contributed by atoms with E-state index in [2.05, 4.69) is 29.6 Å². The minimum absolute atomic E-state index is 0.0255. The Kier molecular flexibility index (Phi) is 4.45. The maximum absolute atomic E-state index is 12.5. The Morgan fingerprint density at radius 2 is 1.88 bits per heavy atom. The lowest BCUT2D eigenvalue weighted by Crippen LogP contribution is -2.42. The van der Waals surface area contributed by atoms with Crippen molar-refractivity contribution in [3.05, 3.63) is 71.3 Å². The van der Waals surface area contributed by atoms with Gasteiger partial charge in [-0.15, -0.1) is 0 Å². The van der Waals surface area contributed by atoms with Gasteiger partial charge in [-0.1, -0.05) is 54.6 Å². The molecule has 2 amide bonds. The molecule has 0 bridgehead atoms. The van der Waals surface area contributed by atoms with Crippen molar-refractivity contribution in [1.29, 1.82) is 0 Å². The number of carbonyl (C=O) groups is 1. The fourth-order valence-electron chi connectivity index (χ4n) is 4.26. The molecule has 0 saturated heterocycles. The van der Waals surface area contributed by atoms with Crippen LogP contribution in [-0.4, -0.2) is 35.7 Å². The normalized spacial score (nSPS) is 22.8. The van der Waals surface area contributed by atoms with Gasteiger partial charge in [0, 0.05) is 19.6 Å². The lowest BCUT2D eigenvalue weighted by molar-refractivity contribution is 0.173. The highest BCUT2D eigenvalue weighted by Crippen LogP contribution is 2.60. The van der Waals surface area contributed by atoms with Gasteiger partial charge in [0.15, 0.2) is 0 Å². The predicted molar refractivity (Wildman–Crippen MR) is 97.2 cm³/mol. The van der Waals surface area contributed by atoms with E-state index < -0.39 is 0 Å². The average molecular weight is 336 g/mol. The minimum Gasteiger partial charge on any atom is -0.395 e. The maximum atomic E-state index is 12.5. The second kappa shape index (κ2) is 6.89. The van der Waals surface area contributed by atoms with Crippen molar-refractivity contribution in [2.24, 2.45) is 11.8 Å². The standard InChI is InChI=1S/C21H24N2O2/c24-11-10-23(14-15-6-2-1-3-7-15)21(25)22-13-19-18-12-16-8-4-5-9-17(16)20(18)19/h1-9,18-20,24H,10-14H2,(H,22,25). The number of urea groups is 1. The number of amides is 2. The SMILES string of the molecule is O=C(NCC1C2Cc3ccccc3C12)N(CCO)Cc1ccccc1. The summed E-state index contributed by atoms with van der Waals surface area (Å²) in [6, 6.07) is 18.5. The summed E-state index contributed by atoms with van der Waals surface area (Å²) < 4.78 is 0. The predicted octanol–water partition coefficient (Wildman–Crippen LogP) is 2.78. The van der Waals surface area contributed by atoms with Gasteiger partial charge in [0.1, 0.15) is 0 Å². The third-order valence-corrected chi connectivity index (χ3v) is 5.56. The first kappa shape index (κ1) is 16.2. The summed E-state index contributed by atoms with van der Waals surface area (Å²) in [5.74, 6) is 1.88. The smallest absolute Gasteiger partial charge is 0.317 e. The van der Waals surface area contributed by atoms with Gasteiger partial charge in [-0.3, -0.25) is 0 Å². The number of aliphatic hydroxyl groups is 1. The van der Waals surface area contributed by atoms with Crippen LogP contribution in [0.2, 0.25) is 0 Å². The van der Waals surface area contributed by atoms with Gasteiger partial charge >= 0.3 is 6.03 Å². The fraction of sp³-hybridized carbons (Fsp3) is 0.381. The van der Waals surface area contributed by atoms with Crippen molar-refractivity contribution in [3.63, 3.8) is 0 Å². The Hall–Kier alpha value is -2.33. The van der Waals surface area contributed by atoms with Crippen molar-refractivity contribution in [2.75, 3.05) is 19.7 Å². The minimum atomic E-state index is -0.0869. The molecular weight excluding hydrogens is 312 g/mol. The first-order chi connectivity index (χ1) is 12.3. The molecule has 2 aliphatic rings. The van der Waals surface area contributed by atoms with E-state index in [1.807, 2.05) is 30.3 Å². The van der Waals surface area contributed by atoms with E-state index in [0.29, 0.717) is 30.8 Å². The zero-order valence-electron chi connectivity index (χ0n) is 14.3. The van der Waals surface area contributed by atoms with E-state index in [-0.39, 0.29) is 12.6 Å². The third kappa shape index (κ3) is 3.27. The number of benzene rings is 2. The number of aliphatic hydroxyl groups excluding tert-OH is 1. The van der Waals surface area contributed by atoms with Crippen LogP contribution < -0.4 is 5.32 Å². The van der Waals surface area contributed by atoms with Crippen molar-refractivity contribution in [3.8, 4) is 0 Å². The monoisotopic (exact) mass is 336 g/mol. The molecule has 2 aliphatic carbocycles. The van der Waals surface area contributed by atoms with Gasteiger partial charge < -0.3 is 15.3 Å². The summed E-state index contributed by atoms with van der Waals surface area (Å²) in [7, 11) is 0. The molecule has 2 aromatic rings. The molecule has 0 radical (unpaired) electrons. The molecule has 1 saturated carbocycles. The highest BCUT2D eigenvalue weighted by Gasteiger charge is 2.55. The van der Waals surface area contributed by atoms with E-state index >= 15 is 0 Å². The molecule has 2 aromatic carbocycles. The summed E-state index contributed by atoms with van der Waals surface area (Å²) in [6.45, 7) is 1.57. The third-order valence-electron chi connectivity index (χ3n) is 5.56. The molecule has 0 aliphatic heterocycles. The number of fused-ring (bicyclic) bond motifs is 3.